The van der Waals surface area contributed by atoms with Crippen LogP contribution in [0, 0.1) is 0 Å². The van der Waals surface area contributed by atoms with Crippen molar-refractivity contribution in [3.05, 3.63) is 27.8 Å². The quantitative estimate of drug-likeness (QED) is 0.649. The molecule has 0 aliphatic carbocycles. The molecule has 1 unspecified atom stereocenters. The molecule has 10 nitrogen and oxygen atoms in total. The van der Waals surface area contributed by atoms with Gasteiger partial charge in [-0.25, -0.2) is 9.78 Å². The predicted octanol–water partition coefficient (Wildman–Crippen LogP) is 0.872. The number of pyridine rings is 1. The maximum Gasteiger partial charge on any atom is 0.369 e. The predicted molar refractivity (Wildman–Crippen MR) is 83.4 cm³/mol. The summed E-state index contributed by atoms with van der Waals surface area (Å²) in [6.07, 6.45) is 0. The second kappa shape index (κ2) is 6.66. The van der Waals surface area contributed by atoms with Crippen LogP contribution >= 0.6 is 11.3 Å². The first-order valence-corrected chi connectivity index (χ1v) is 7.89. The Bertz CT molecular complexity index is 890. The lowest BCUT2D eigenvalue weighted by atomic mass is 10.3. The molecular weight excluding hydrogens is 334 g/mol. The highest BCUT2D eigenvalue weighted by atomic mass is 32.1. The first-order chi connectivity index (χ1) is 11.6. The maximum atomic E-state index is 12.3. The minimum Gasteiger partial charge on any atom is -0.461 e. The summed E-state index contributed by atoms with van der Waals surface area (Å²) < 4.78 is 4.86. The van der Waals surface area contributed by atoms with Crippen molar-refractivity contribution in [1.82, 2.24) is 35.9 Å². The van der Waals surface area contributed by atoms with E-state index in [1.165, 1.54) is 0 Å². The van der Waals surface area contributed by atoms with E-state index in [1.54, 1.807) is 26.0 Å². The summed E-state index contributed by atoms with van der Waals surface area (Å²) in [6.45, 7) is 3.71. The average Bonchev–Trinajstić information content (AvgIpc) is 3.23. The first-order valence-electron chi connectivity index (χ1n) is 7.07. The number of nitrogens with one attached hydrogen (secondary N) is 2. The summed E-state index contributed by atoms with van der Waals surface area (Å²) in [6, 6.07) is 2.76. The first kappa shape index (κ1) is 15.9. The van der Waals surface area contributed by atoms with Gasteiger partial charge < -0.3 is 10.1 Å². The van der Waals surface area contributed by atoms with Crippen LogP contribution < -0.4 is 5.32 Å². The molecule has 3 heterocycles. The van der Waals surface area contributed by atoms with Crippen LogP contribution in [0.3, 0.4) is 0 Å². The zero-order chi connectivity index (χ0) is 17.1. The topological polar surface area (TPSA) is 136 Å². The van der Waals surface area contributed by atoms with Crippen molar-refractivity contribution in [3.8, 4) is 0 Å². The third-order valence-corrected chi connectivity index (χ3v) is 4.11. The monoisotopic (exact) mass is 347 g/mol. The van der Waals surface area contributed by atoms with Gasteiger partial charge in [0.05, 0.1) is 12.6 Å². The number of hydrogen-bond acceptors (Lipinski definition) is 9. The summed E-state index contributed by atoms with van der Waals surface area (Å²) in [5.41, 5.74) is 1.14. The SMILES string of the molecule is CCOC(=O)c1nnc(C(C)NC(=O)c2ccc3n[nH]nc3n2)s1. The van der Waals surface area contributed by atoms with E-state index in [-0.39, 0.29) is 23.2 Å². The summed E-state index contributed by atoms with van der Waals surface area (Å²) in [7, 11) is 0. The van der Waals surface area contributed by atoms with Crippen LogP contribution in [0.4, 0.5) is 0 Å². The van der Waals surface area contributed by atoms with Gasteiger partial charge in [0.2, 0.25) is 10.7 Å². The van der Waals surface area contributed by atoms with Gasteiger partial charge in [-0.15, -0.1) is 15.3 Å². The Balaban J connectivity index is 1.70. The molecule has 0 bridgehead atoms. The number of H-pyrrole nitrogens is 1. The van der Waals surface area contributed by atoms with Crippen molar-refractivity contribution in [2.75, 3.05) is 6.61 Å². The van der Waals surface area contributed by atoms with Crippen molar-refractivity contribution in [2.45, 2.75) is 19.9 Å². The fourth-order valence-electron chi connectivity index (χ4n) is 1.88. The molecule has 2 N–H and O–H groups in total. The lowest BCUT2D eigenvalue weighted by Gasteiger charge is -2.09. The number of fused-ring (bicyclic) bond motifs is 1. The number of esters is 1. The lowest BCUT2D eigenvalue weighted by Crippen LogP contribution is -2.27. The third-order valence-electron chi connectivity index (χ3n) is 3.02. The van der Waals surface area contributed by atoms with Gasteiger partial charge in [-0.05, 0) is 26.0 Å². The zero-order valence-electron chi connectivity index (χ0n) is 12.8. The molecule has 0 spiro atoms. The number of ether oxygens (including phenoxy) is 1. The fraction of sp³-hybridized carbons (Fsp3) is 0.308. The number of nitrogens with zero attached hydrogens (tertiary/aromatic N) is 5. The highest BCUT2D eigenvalue weighted by molar-refractivity contribution is 7.13. The van der Waals surface area contributed by atoms with Crippen molar-refractivity contribution in [1.29, 1.82) is 0 Å². The van der Waals surface area contributed by atoms with Gasteiger partial charge in [0.15, 0.2) is 0 Å². The number of hydrogen-bond donors (Lipinski definition) is 2. The molecule has 3 aromatic rings. The van der Waals surface area contributed by atoms with Crippen LogP contribution in [0.5, 0.6) is 0 Å². The van der Waals surface area contributed by atoms with Gasteiger partial charge in [0.25, 0.3) is 5.91 Å². The van der Waals surface area contributed by atoms with Crippen LogP contribution in [0.25, 0.3) is 11.2 Å². The number of amides is 1. The van der Waals surface area contributed by atoms with Crippen molar-refractivity contribution in [3.63, 3.8) is 0 Å². The molecule has 0 aromatic carbocycles. The highest BCUT2D eigenvalue weighted by Gasteiger charge is 2.20. The molecule has 0 aliphatic heterocycles. The van der Waals surface area contributed by atoms with Gasteiger partial charge in [-0.2, -0.15) is 10.3 Å². The lowest BCUT2D eigenvalue weighted by molar-refractivity contribution is 0.0524. The number of rotatable bonds is 5. The van der Waals surface area contributed by atoms with Gasteiger partial charge in [0, 0.05) is 0 Å². The summed E-state index contributed by atoms with van der Waals surface area (Å²) in [5, 5.41) is 21.2. The van der Waals surface area contributed by atoms with Gasteiger partial charge in [0.1, 0.15) is 16.2 Å². The summed E-state index contributed by atoms with van der Waals surface area (Å²) >= 11 is 1.07. The van der Waals surface area contributed by atoms with Crippen molar-refractivity contribution < 1.29 is 14.3 Å². The van der Waals surface area contributed by atoms with Crippen molar-refractivity contribution >= 4 is 34.4 Å². The molecule has 0 aliphatic rings. The second-order valence-electron chi connectivity index (χ2n) is 4.72. The summed E-state index contributed by atoms with van der Waals surface area (Å²) in [4.78, 5) is 28.0. The Hall–Kier alpha value is -2.95. The number of aromatic amines is 1. The normalized spacial score (nSPS) is 12.1. The summed E-state index contributed by atoms with van der Waals surface area (Å²) in [5.74, 6) is -0.918. The molecule has 1 amide bonds. The Morgan fingerprint density at radius 1 is 1.33 bits per heavy atom. The standard InChI is InChI=1S/C13H13N7O3S/c1-3-23-13(22)12-19-18-11(24-12)6(2)14-10(21)8-5-4-7-9(15-8)17-20-16-7/h4-6H,3H2,1-2H3,(H,14,21)(H,15,16,17,20). The van der Waals surface area contributed by atoms with Gasteiger partial charge >= 0.3 is 5.97 Å². The molecule has 11 heteroatoms. The second-order valence-corrected chi connectivity index (χ2v) is 5.73. The fourth-order valence-corrected chi connectivity index (χ4v) is 2.62. The van der Waals surface area contributed by atoms with Gasteiger partial charge in [-0.1, -0.05) is 11.3 Å². The maximum absolute atomic E-state index is 12.3. The molecule has 0 radical (unpaired) electrons. The largest absolute Gasteiger partial charge is 0.461 e. The van der Waals surface area contributed by atoms with Gasteiger partial charge in [-0.3, -0.25) is 4.79 Å². The van der Waals surface area contributed by atoms with Crippen LogP contribution in [0.1, 0.15) is 45.2 Å². The van der Waals surface area contributed by atoms with E-state index in [9.17, 15) is 9.59 Å². The third kappa shape index (κ3) is 3.20. The smallest absolute Gasteiger partial charge is 0.369 e. The Morgan fingerprint density at radius 3 is 2.96 bits per heavy atom. The van der Waals surface area contributed by atoms with E-state index in [1.807, 2.05) is 0 Å². The molecule has 0 fully saturated rings. The van der Waals surface area contributed by atoms with E-state index >= 15 is 0 Å². The Labute approximate surface area is 139 Å². The molecule has 24 heavy (non-hydrogen) atoms. The molecule has 1 atom stereocenters. The minimum absolute atomic E-state index is 0.148. The van der Waals surface area contributed by atoms with Crippen LogP contribution in [-0.4, -0.2) is 49.1 Å². The van der Waals surface area contributed by atoms with Crippen LogP contribution in [-0.2, 0) is 4.74 Å². The van der Waals surface area contributed by atoms with Crippen molar-refractivity contribution in [2.24, 2.45) is 0 Å². The molecule has 0 saturated carbocycles. The van der Waals surface area contributed by atoms with E-state index in [2.05, 4.69) is 35.9 Å². The van der Waals surface area contributed by atoms with E-state index < -0.39 is 12.0 Å². The average molecular weight is 347 g/mol. The minimum atomic E-state index is -0.530. The van der Waals surface area contributed by atoms with E-state index in [0.717, 1.165) is 11.3 Å². The Morgan fingerprint density at radius 2 is 2.17 bits per heavy atom. The van der Waals surface area contributed by atoms with E-state index in [4.69, 9.17) is 4.74 Å². The van der Waals surface area contributed by atoms with Crippen LogP contribution in [0.2, 0.25) is 0 Å². The molecule has 0 saturated heterocycles. The van der Waals surface area contributed by atoms with E-state index in [0.29, 0.717) is 16.2 Å². The molecule has 3 aromatic heterocycles. The number of carbonyl (C=O) groups excluding carboxylic acids is 2. The number of aromatic nitrogens is 6. The highest BCUT2D eigenvalue weighted by Crippen LogP contribution is 2.19. The molecule has 124 valence electrons. The Kier molecular flexibility index (Phi) is 4.42. The van der Waals surface area contributed by atoms with Crippen LogP contribution in [0.15, 0.2) is 12.1 Å². The molecular formula is C13H13N7O3S. The zero-order valence-corrected chi connectivity index (χ0v) is 13.6. The molecule has 3 rings (SSSR count). The number of carbonyl (C=O) groups is 2.